The third-order valence-electron chi connectivity index (χ3n) is 6.34. The maximum atomic E-state index is 6.31. The lowest BCUT2D eigenvalue weighted by molar-refractivity contribution is -0.127. The maximum Gasteiger partial charge on any atom is 0.0685 e. The highest BCUT2D eigenvalue weighted by atomic mass is 16.5. The Morgan fingerprint density at radius 1 is 0.900 bits per heavy atom. The van der Waals surface area contributed by atoms with Gasteiger partial charge in [0.25, 0.3) is 0 Å². The molecule has 3 fully saturated rings. The minimum Gasteiger partial charge on any atom is -0.375 e. The lowest BCUT2D eigenvalue weighted by atomic mass is 9.70. The average molecular weight is 279 g/mol. The molecule has 0 radical (unpaired) electrons. The normalized spacial score (nSPS) is 38.5. The molecule has 0 aromatic heterocycles. The number of nitrogens with one attached hydrogen (secondary N) is 1. The van der Waals surface area contributed by atoms with Gasteiger partial charge in [-0.3, -0.25) is 0 Å². The molecule has 0 amide bonds. The highest BCUT2D eigenvalue weighted by molar-refractivity contribution is 4.94. The molecule has 2 aliphatic carbocycles. The van der Waals surface area contributed by atoms with E-state index in [4.69, 9.17) is 4.74 Å². The first-order valence-electron chi connectivity index (χ1n) is 9.14. The Bertz CT molecular complexity index is 292. The molecule has 116 valence electrons. The smallest absolute Gasteiger partial charge is 0.0685 e. The number of hydrogen-bond acceptors (Lipinski definition) is 2. The lowest BCUT2D eigenvalue weighted by Crippen LogP contribution is -2.46. The van der Waals surface area contributed by atoms with Crippen molar-refractivity contribution in [3.05, 3.63) is 0 Å². The molecular formula is C18H33NO. The van der Waals surface area contributed by atoms with Crippen LogP contribution in [0.4, 0.5) is 0 Å². The van der Waals surface area contributed by atoms with Gasteiger partial charge < -0.3 is 10.1 Å². The van der Waals surface area contributed by atoms with Crippen molar-refractivity contribution in [2.45, 2.75) is 88.7 Å². The van der Waals surface area contributed by atoms with Crippen LogP contribution < -0.4 is 5.32 Å². The number of hydrogen-bond donors (Lipinski definition) is 1. The summed E-state index contributed by atoms with van der Waals surface area (Å²) in [5, 5.41) is 3.64. The predicted octanol–water partition coefficient (Wildman–Crippen LogP) is 4.28. The van der Waals surface area contributed by atoms with Gasteiger partial charge in [0.15, 0.2) is 0 Å². The molecule has 3 unspecified atom stereocenters. The summed E-state index contributed by atoms with van der Waals surface area (Å²) in [5.74, 6) is 1.82. The van der Waals surface area contributed by atoms with Crippen molar-refractivity contribution in [1.29, 1.82) is 0 Å². The first-order chi connectivity index (χ1) is 9.83. The summed E-state index contributed by atoms with van der Waals surface area (Å²) < 4.78 is 6.31. The molecule has 20 heavy (non-hydrogen) atoms. The molecule has 1 aliphatic heterocycles. The minimum atomic E-state index is 0.283. The molecule has 1 saturated heterocycles. The molecular weight excluding hydrogens is 246 g/mol. The van der Waals surface area contributed by atoms with E-state index in [1.165, 1.54) is 77.0 Å². The van der Waals surface area contributed by atoms with E-state index in [1.807, 2.05) is 0 Å². The van der Waals surface area contributed by atoms with E-state index in [1.54, 1.807) is 0 Å². The Kier molecular flexibility index (Phi) is 5.04. The van der Waals surface area contributed by atoms with Gasteiger partial charge in [0.1, 0.15) is 0 Å². The van der Waals surface area contributed by atoms with Crippen LogP contribution in [0.1, 0.15) is 77.0 Å². The van der Waals surface area contributed by atoms with E-state index in [9.17, 15) is 0 Å². The lowest BCUT2D eigenvalue weighted by Gasteiger charge is -2.46. The van der Waals surface area contributed by atoms with E-state index < -0.39 is 0 Å². The molecule has 0 aromatic rings. The van der Waals surface area contributed by atoms with Crippen molar-refractivity contribution in [1.82, 2.24) is 5.32 Å². The van der Waals surface area contributed by atoms with Crippen LogP contribution in [0, 0.1) is 11.8 Å². The predicted molar refractivity (Wildman–Crippen MR) is 83.9 cm³/mol. The Hall–Kier alpha value is -0.0800. The topological polar surface area (TPSA) is 21.3 Å². The van der Waals surface area contributed by atoms with Gasteiger partial charge in [0.2, 0.25) is 0 Å². The van der Waals surface area contributed by atoms with Gasteiger partial charge in [-0.25, -0.2) is 0 Å². The van der Waals surface area contributed by atoms with Crippen molar-refractivity contribution in [3.63, 3.8) is 0 Å². The Labute approximate surface area is 125 Å². The number of rotatable bonds is 2. The van der Waals surface area contributed by atoms with E-state index in [2.05, 4.69) is 12.4 Å². The Morgan fingerprint density at radius 3 is 2.45 bits per heavy atom. The Morgan fingerprint density at radius 2 is 1.65 bits per heavy atom. The number of ether oxygens (including phenoxy) is 1. The third-order valence-corrected chi connectivity index (χ3v) is 6.34. The molecule has 2 saturated carbocycles. The summed E-state index contributed by atoms with van der Waals surface area (Å²) in [6, 6.07) is 0.765. The summed E-state index contributed by atoms with van der Waals surface area (Å²) in [4.78, 5) is 0. The zero-order chi connectivity index (χ0) is 13.8. The quantitative estimate of drug-likeness (QED) is 0.762. The molecule has 3 atom stereocenters. The van der Waals surface area contributed by atoms with Crippen molar-refractivity contribution in [2.24, 2.45) is 11.8 Å². The highest BCUT2D eigenvalue weighted by Gasteiger charge is 2.42. The van der Waals surface area contributed by atoms with Crippen molar-refractivity contribution in [3.8, 4) is 0 Å². The second kappa shape index (κ2) is 6.79. The minimum absolute atomic E-state index is 0.283. The zero-order valence-electron chi connectivity index (χ0n) is 13.3. The van der Waals surface area contributed by atoms with Crippen molar-refractivity contribution in [2.75, 3.05) is 13.7 Å². The van der Waals surface area contributed by atoms with Crippen LogP contribution in [-0.2, 0) is 4.74 Å². The van der Waals surface area contributed by atoms with Crippen LogP contribution in [0.25, 0.3) is 0 Å². The molecule has 1 N–H and O–H groups in total. The fourth-order valence-corrected chi connectivity index (χ4v) is 5.23. The molecule has 0 bridgehead atoms. The van der Waals surface area contributed by atoms with Gasteiger partial charge in [0.05, 0.1) is 5.60 Å². The highest BCUT2D eigenvalue weighted by Crippen LogP contribution is 2.45. The molecule has 1 spiro atoms. The van der Waals surface area contributed by atoms with E-state index >= 15 is 0 Å². The van der Waals surface area contributed by atoms with Gasteiger partial charge in [-0.05, 0) is 57.4 Å². The third kappa shape index (κ3) is 3.22. The zero-order valence-corrected chi connectivity index (χ0v) is 13.3. The fraction of sp³-hybridized carbons (Fsp3) is 1.00. The first-order valence-corrected chi connectivity index (χ1v) is 9.14. The summed E-state index contributed by atoms with van der Waals surface area (Å²) in [6.07, 6.45) is 16.7. The standard InChI is InChI=1S/C18H33NO/c1-19-17-9-5-2-4-8-16(17)15-10-13-20-18(14-15)11-6-3-7-12-18/h15-17,19H,2-14H2,1H3. The van der Waals surface area contributed by atoms with Crippen molar-refractivity contribution >= 4 is 0 Å². The molecule has 2 nitrogen and oxygen atoms in total. The monoisotopic (exact) mass is 279 g/mol. The van der Waals surface area contributed by atoms with Gasteiger partial charge in [-0.1, -0.05) is 38.5 Å². The molecule has 0 aromatic carbocycles. The maximum absolute atomic E-state index is 6.31. The van der Waals surface area contributed by atoms with Crippen LogP contribution in [0.15, 0.2) is 0 Å². The molecule has 3 aliphatic rings. The molecule has 2 heteroatoms. The Balaban J connectivity index is 1.68. The van der Waals surface area contributed by atoms with E-state index in [-0.39, 0.29) is 5.60 Å². The fourth-order valence-electron chi connectivity index (χ4n) is 5.23. The summed E-state index contributed by atoms with van der Waals surface area (Å²) >= 11 is 0. The van der Waals surface area contributed by atoms with Crippen LogP contribution in [-0.4, -0.2) is 25.3 Å². The van der Waals surface area contributed by atoms with Gasteiger partial charge in [0, 0.05) is 12.6 Å². The SMILES string of the molecule is CNC1CCCCCC1C1CCOC2(CCCCC2)C1. The van der Waals surface area contributed by atoms with Crippen LogP contribution in [0.2, 0.25) is 0 Å². The van der Waals surface area contributed by atoms with Crippen LogP contribution in [0.3, 0.4) is 0 Å². The largest absolute Gasteiger partial charge is 0.375 e. The van der Waals surface area contributed by atoms with E-state index in [0.29, 0.717) is 0 Å². The summed E-state index contributed by atoms with van der Waals surface area (Å²) in [5.41, 5.74) is 0.283. The van der Waals surface area contributed by atoms with Gasteiger partial charge in [-0.15, -0.1) is 0 Å². The molecule has 3 rings (SSSR count). The second-order valence-corrected chi connectivity index (χ2v) is 7.54. The average Bonchev–Trinajstić information content (AvgIpc) is 2.73. The van der Waals surface area contributed by atoms with Gasteiger partial charge in [-0.2, -0.15) is 0 Å². The summed E-state index contributed by atoms with van der Waals surface area (Å²) in [7, 11) is 2.18. The van der Waals surface area contributed by atoms with Crippen molar-refractivity contribution < 1.29 is 4.74 Å². The van der Waals surface area contributed by atoms with Gasteiger partial charge >= 0.3 is 0 Å². The van der Waals surface area contributed by atoms with Crippen LogP contribution >= 0.6 is 0 Å². The molecule has 1 heterocycles. The second-order valence-electron chi connectivity index (χ2n) is 7.54. The van der Waals surface area contributed by atoms with Crippen LogP contribution in [0.5, 0.6) is 0 Å². The van der Waals surface area contributed by atoms with E-state index in [0.717, 1.165) is 24.5 Å². The summed E-state index contributed by atoms with van der Waals surface area (Å²) in [6.45, 7) is 1.03. The first kappa shape index (κ1) is 14.8.